The van der Waals surface area contributed by atoms with Crippen molar-refractivity contribution < 1.29 is 26.3 Å². The molecule has 0 radical (unpaired) electrons. The van der Waals surface area contributed by atoms with Crippen LogP contribution in [-0.2, 0) is 12.4 Å². The second kappa shape index (κ2) is 6.25. The maximum absolute atomic E-state index is 13.4. The number of pyridine rings is 2. The quantitative estimate of drug-likeness (QED) is 0.614. The van der Waals surface area contributed by atoms with Crippen LogP contribution in [0.5, 0.6) is 0 Å². The van der Waals surface area contributed by atoms with Crippen molar-refractivity contribution in [1.29, 1.82) is 0 Å². The molecule has 0 atom stereocenters. The third-order valence-electron chi connectivity index (χ3n) is 3.66. The van der Waals surface area contributed by atoms with Crippen molar-refractivity contribution in [2.45, 2.75) is 19.3 Å². The summed E-state index contributed by atoms with van der Waals surface area (Å²) in [4.78, 5) is 7.60. The largest absolute Gasteiger partial charge is 0.417 e. The van der Waals surface area contributed by atoms with E-state index in [9.17, 15) is 26.3 Å². The van der Waals surface area contributed by atoms with Crippen LogP contribution in [0.25, 0.3) is 16.9 Å². The molecule has 3 rings (SSSR count). The smallest absolute Gasteiger partial charge is 0.372 e. The molecule has 0 fully saturated rings. The van der Waals surface area contributed by atoms with E-state index in [0.717, 1.165) is 10.7 Å². The minimum Gasteiger partial charge on any atom is -0.372 e. The number of anilines is 1. The van der Waals surface area contributed by atoms with Crippen molar-refractivity contribution in [3.05, 3.63) is 40.2 Å². The molecular weight excluding hydrogens is 400 g/mol. The predicted molar refractivity (Wildman–Crippen MR) is 86.0 cm³/mol. The lowest BCUT2D eigenvalue weighted by Crippen LogP contribution is -2.10. The number of nitrogens with one attached hydrogen (secondary N) is 1. The van der Waals surface area contributed by atoms with Crippen LogP contribution in [0.1, 0.15) is 16.8 Å². The number of fused-ring (bicyclic) bond motifs is 1. The third kappa shape index (κ3) is 3.38. The maximum atomic E-state index is 13.4. The molecule has 3 aromatic heterocycles. The van der Waals surface area contributed by atoms with Crippen LogP contribution in [-0.4, -0.2) is 26.8 Å². The summed E-state index contributed by atoms with van der Waals surface area (Å²) < 4.78 is 79.5. The van der Waals surface area contributed by atoms with E-state index in [2.05, 4.69) is 20.4 Å². The summed E-state index contributed by atoms with van der Waals surface area (Å²) in [6.45, 7) is 1.37. The first-order chi connectivity index (χ1) is 12.4. The number of hydrogen-bond donors (Lipinski definition) is 1. The lowest BCUT2D eigenvalue weighted by molar-refractivity contribution is -0.138. The molecule has 144 valence electrons. The zero-order chi connectivity index (χ0) is 20.1. The summed E-state index contributed by atoms with van der Waals surface area (Å²) in [5.74, 6) is -0.420. The van der Waals surface area contributed by atoms with Crippen molar-refractivity contribution in [2.24, 2.45) is 0 Å². The average Bonchev–Trinajstić information content (AvgIpc) is 2.89. The van der Waals surface area contributed by atoms with E-state index in [-0.39, 0.29) is 28.4 Å². The van der Waals surface area contributed by atoms with E-state index in [1.807, 2.05) is 0 Å². The van der Waals surface area contributed by atoms with Gasteiger partial charge in [-0.1, -0.05) is 11.6 Å². The molecule has 3 heterocycles. The van der Waals surface area contributed by atoms with E-state index >= 15 is 0 Å². The van der Waals surface area contributed by atoms with Gasteiger partial charge < -0.3 is 5.32 Å². The first-order valence-corrected chi connectivity index (χ1v) is 7.69. The fourth-order valence-corrected chi connectivity index (χ4v) is 2.81. The fraction of sp³-hybridized carbons (Fsp3) is 0.267. The van der Waals surface area contributed by atoms with Gasteiger partial charge in [-0.25, -0.2) is 9.97 Å². The van der Waals surface area contributed by atoms with Crippen LogP contribution < -0.4 is 5.32 Å². The zero-order valence-electron chi connectivity index (χ0n) is 13.7. The number of aryl methyl sites for hydroxylation is 1. The highest BCUT2D eigenvalue weighted by Crippen LogP contribution is 2.39. The fourth-order valence-electron chi connectivity index (χ4n) is 2.56. The number of nitrogens with zero attached hydrogens (tertiary/aromatic N) is 4. The van der Waals surface area contributed by atoms with Crippen molar-refractivity contribution in [3.63, 3.8) is 0 Å². The minimum atomic E-state index is -4.69. The van der Waals surface area contributed by atoms with Crippen molar-refractivity contribution in [1.82, 2.24) is 19.7 Å². The van der Waals surface area contributed by atoms with Gasteiger partial charge >= 0.3 is 12.4 Å². The van der Waals surface area contributed by atoms with E-state index in [1.165, 1.54) is 14.0 Å². The Morgan fingerprint density at radius 2 is 1.74 bits per heavy atom. The van der Waals surface area contributed by atoms with Crippen LogP contribution >= 0.6 is 11.6 Å². The first-order valence-electron chi connectivity index (χ1n) is 7.32. The number of hydrogen-bond acceptors (Lipinski definition) is 4. The van der Waals surface area contributed by atoms with Gasteiger partial charge in [0, 0.05) is 18.9 Å². The molecule has 0 aliphatic heterocycles. The minimum absolute atomic E-state index is 0.0774. The summed E-state index contributed by atoms with van der Waals surface area (Å²) >= 11 is 5.89. The number of alkyl halides is 6. The standard InChI is InChI=1S/C15H10ClF6N5/c1-6-3-8(15(20,21)22)10-11(25-6)26-27(13(10)23-2)12-9(16)4-7(5-24-12)14(17,18)19/h3-5,23H,1-2H3. The zero-order valence-corrected chi connectivity index (χ0v) is 14.4. The first kappa shape index (κ1) is 19.2. The summed E-state index contributed by atoms with van der Waals surface area (Å²) in [5.41, 5.74) is -2.24. The van der Waals surface area contributed by atoms with Crippen LogP contribution in [0.15, 0.2) is 18.3 Å². The van der Waals surface area contributed by atoms with Gasteiger partial charge in [0.2, 0.25) is 0 Å². The molecule has 1 N–H and O–H groups in total. The number of halogens is 7. The van der Waals surface area contributed by atoms with Crippen molar-refractivity contribution in [3.8, 4) is 5.82 Å². The monoisotopic (exact) mass is 409 g/mol. The van der Waals surface area contributed by atoms with Gasteiger partial charge in [-0.15, -0.1) is 5.10 Å². The molecule has 0 spiro atoms. The molecule has 27 heavy (non-hydrogen) atoms. The second-order valence-electron chi connectivity index (χ2n) is 5.55. The number of aromatic nitrogens is 4. The molecule has 5 nitrogen and oxygen atoms in total. The SMILES string of the molecule is CNc1c2c(C(F)(F)F)cc(C)nc2nn1-c1ncc(C(F)(F)F)cc1Cl. The van der Waals surface area contributed by atoms with Crippen LogP contribution in [0.4, 0.5) is 32.2 Å². The Labute approximate surface area is 153 Å². The topological polar surface area (TPSA) is 55.6 Å². The Bertz CT molecular complexity index is 1020. The van der Waals surface area contributed by atoms with E-state index in [1.54, 1.807) is 0 Å². The lowest BCUT2D eigenvalue weighted by Gasteiger charge is -2.12. The van der Waals surface area contributed by atoms with E-state index in [0.29, 0.717) is 12.3 Å². The lowest BCUT2D eigenvalue weighted by atomic mass is 10.1. The molecule has 0 saturated heterocycles. The van der Waals surface area contributed by atoms with Gasteiger partial charge in [0.15, 0.2) is 11.5 Å². The Morgan fingerprint density at radius 1 is 1.07 bits per heavy atom. The van der Waals surface area contributed by atoms with Gasteiger partial charge in [-0.2, -0.15) is 31.0 Å². The molecule has 12 heteroatoms. The maximum Gasteiger partial charge on any atom is 0.417 e. The van der Waals surface area contributed by atoms with Gasteiger partial charge in [0.05, 0.1) is 21.5 Å². The summed E-state index contributed by atoms with van der Waals surface area (Å²) in [6.07, 6.45) is -8.84. The van der Waals surface area contributed by atoms with Gasteiger partial charge in [0.25, 0.3) is 0 Å². The Hall–Kier alpha value is -2.56. The summed E-state index contributed by atoms with van der Waals surface area (Å²) in [7, 11) is 1.34. The molecule has 0 amide bonds. The predicted octanol–water partition coefficient (Wildman–Crippen LogP) is 4.86. The Morgan fingerprint density at radius 3 is 2.26 bits per heavy atom. The highest BCUT2D eigenvalue weighted by molar-refractivity contribution is 6.32. The molecule has 0 saturated carbocycles. The normalized spacial score (nSPS) is 12.6. The molecule has 0 aliphatic carbocycles. The van der Waals surface area contributed by atoms with Crippen molar-refractivity contribution in [2.75, 3.05) is 12.4 Å². The van der Waals surface area contributed by atoms with Crippen molar-refractivity contribution >= 4 is 28.5 Å². The Kier molecular flexibility index (Phi) is 4.45. The van der Waals surface area contributed by atoms with Crippen LogP contribution in [0.2, 0.25) is 5.02 Å². The van der Waals surface area contributed by atoms with Gasteiger partial charge in [-0.05, 0) is 19.1 Å². The molecule has 0 unspecified atom stereocenters. The van der Waals surface area contributed by atoms with E-state index in [4.69, 9.17) is 11.6 Å². The molecular formula is C15H10ClF6N5. The highest BCUT2D eigenvalue weighted by atomic mass is 35.5. The van der Waals surface area contributed by atoms with Gasteiger partial charge in [-0.3, -0.25) is 0 Å². The van der Waals surface area contributed by atoms with Crippen LogP contribution in [0.3, 0.4) is 0 Å². The van der Waals surface area contributed by atoms with E-state index < -0.39 is 28.5 Å². The molecule has 0 aromatic carbocycles. The van der Waals surface area contributed by atoms with Gasteiger partial charge in [0.1, 0.15) is 5.82 Å². The summed E-state index contributed by atoms with van der Waals surface area (Å²) in [6, 6.07) is 1.48. The number of rotatable bonds is 2. The molecule has 0 aliphatic rings. The van der Waals surface area contributed by atoms with Crippen LogP contribution in [0, 0.1) is 6.92 Å². The third-order valence-corrected chi connectivity index (χ3v) is 3.94. The molecule has 3 aromatic rings. The Balaban J connectivity index is 2.31. The highest BCUT2D eigenvalue weighted by Gasteiger charge is 2.36. The molecule has 0 bridgehead atoms. The second-order valence-corrected chi connectivity index (χ2v) is 5.95. The average molecular weight is 410 g/mol. The summed E-state index contributed by atoms with van der Waals surface area (Å²) in [5, 5.41) is 5.75.